The van der Waals surface area contributed by atoms with Crippen molar-refractivity contribution in [3.05, 3.63) is 69.8 Å². The summed E-state index contributed by atoms with van der Waals surface area (Å²) in [7, 11) is -3.49. The van der Waals surface area contributed by atoms with Gasteiger partial charge in [-0.3, -0.25) is 19.8 Å². The molecule has 10 heteroatoms. The van der Waals surface area contributed by atoms with Gasteiger partial charge in [-0.2, -0.15) is 4.31 Å². The number of non-ortho nitro benzene ring substituents is 1. The first-order valence-corrected chi connectivity index (χ1v) is 11.0. The van der Waals surface area contributed by atoms with Crippen molar-refractivity contribution in [1.29, 1.82) is 0 Å². The molecular formula is C20H24N4O5S. The molecule has 1 aliphatic heterocycles. The van der Waals surface area contributed by atoms with Gasteiger partial charge in [0.15, 0.2) is 0 Å². The van der Waals surface area contributed by atoms with Gasteiger partial charge in [-0.15, -0.1) is 0 Å². The van der Waals surface area contributed by atoms with Gasteiger partial charge < -0.3 is 5.32 Å². The number of nitrogens with zero attached hydrogens (tertiary/aromatic N) is 3. The number of sulfonamides is 1. The highest BCUT2D eigenvalue weighted by atomic mass is 32.2. The van der Waals surface area contributed by atoms with Crippen molar-refractivity contribution in [3.63, 3.8) is 0 Å². The first-order chi connectivity index (χ1) is 14.3. The number of nitrogens with one attached hydrogen (secondary N) is 1. The zero-order valence-corrected chi connectivity index (χ0v) is 17.5. The number of carbonyl (C=O) groups excluding carboxylic acids is 1. The summed E-state index contributed by atoms with van der Waals surface area (Å²) in [4.78, 5) is 24.7. The highest BCUT2D eigenvalue weighted by Gasteiger charge is 2.28. The number of nitro groups is 1. The highest BCUT2D eigenvalue weighted by molar-refractivity contribution is 7.89. The molecule has 0 saturated carbocycles. The molecule has 2 aromatic rings. The molecule has 0 spiro atoms. The van der Waals surface area contributed by atoms with Crippen molar-refractivity contribution in [2.24, 2.45) is 0 Å². The lowest BCUT2D eigenvalue weighted by atomic mass is 10.2. The molecule has 160 valence electrons. The minimum Gasteiger partial charge on any atom is -0.351 e. The fourth-order valence-electron chi connectivity index (χ4n) is 3.22. The summed E-state index contributed by atoms with van der Waals surface area (Å²) in [5.41, 5.74) is 1.30. The number of amides is 1. The fraction of sp³-hybridized carbons (Fsp3) is 0.350. The second kappa shape index (κ2) is 9.33. The fourth-order valence-corrected chi connectivity index (χ4v) is 4.64. The topological polar surface area (TPSA) is 113 Å². The minimum absolute atomic E-state index is 0.0648. The summed E-state index contributed by atoms with van der Waals surface area (Å²) in [6.07, 6.45) is 0. The van der Waals surface area contributed by atoms with E-state index in [1.807, 2.05) is 6.92 Å². The third kappa shape index (κ3) is 5.21. The molecule has 1 aliphatic rings. The number of aryl methyl sites for hydroxylation is 1. The van der Waals surface area contributed by atoms with E-state index in [-0.39, 0.29) is 11.6 Å². The largest absolute Gasteiger partial charge is 0.351 e. The van der Waals surface area contributed by atoms with Crippen LogP contribution in [0.1, 0.15) is 15.9 Å². The molecule has 2 aromatic carbocycles. The van der Waals surface area contributed by atoms with Gasteiger partial charge >= 0.3 is 0 Å². The van der Waals surface area contributed by atoms with Crippen molar-refractivity contribution in [2.75, 3.05) is 39.3 Å². The molecule has 0 bridgehead atoms. The van der Waals surface area contributed by atoms with Crippen LogP contribution in [0.3, 0.4) is 0 Å². The van der Waals surface area contributed by atoms with Crippen LogP contribution in [0.15, 0.2) is 53.4 Å². The van der Waals surface area contributed by atoms with Crippen molar-refractivity contribution in [1.82, 2.24) is 14.5 Å². The Labute approximate surface area is 175 Å². The molecule has 30 heavy (non-hydrogen) atoms. The standard InChI is InChI=1S/C20H24N4O5S/c1-16-2-8-19(9-3-16)30(28,29)23-14-12-22(13-15-23)11-10-21-20(25)17-4-6-18(7-5-17)24(26)27/h2-9H,10-15H2,1H3,(H,21,25). The smallest absolute Gasteiger partial charge is 0.269 e. The van der Waals surface area contributed by atoms with Crippen LogP contribution in [0.4, 0.5) is 5.69 Å². The van der Waals surface area contributed by atoms with Gasteiger partial charge in [0, 0.05) is 57.0 Å². The van der Waals surface area contributed by atoms with Crippen molar-refractivity contribution in [3.8, 4) is 0 Å². The molecule has 1 saturated heterocycles. The van der Waals surface area contributed by atoms with Crippen LogP contribution in [-0.2, 0) is 10.0 Å². The minimum atomic E-state index is -3.49. The third-order valence-corrected chi connectivity index (χ3v) is 6.96. The van der Waals surface area contributed by atoms with E-state index in [1.54, 1.807) is 24.3 Å². The summed E-state index contributed by atoms with van der Waals surface area (Å²) in [6.45, 7) is 4.86. The van der Waals surface area contributed by atoms with Crippen LogP contribution < -0.4 is 5.32 Å². The number of hydrogen-bond acceptors (Lipinski definition) is 6. The average molecular weight is 433 g/mol. The van der Waals surface area contributed by atoms with Crippen LogP contribution in [0.25, 0.3) is 0 Å². The van der Waals surface area contributed by atoms with E-state index in [1.165, 1.54) is 28.6 Å². The number of nitro benzene ring substituents is 1. The van der Waals surface area contributed by atoms with Gasteiger partial charge in [-0.1, -0.05) is 17.7 Å². The molecule has 3 rings (SSSR count). The van der Waals surface area contributed by atoms with Gasteiger partial charge in [-0.25, -0.2) is 8.42 Å². The first-order valence-electron chi connectivity index (χ1n) is 9.59. The zero-order valence-electron chi connectivity index (χ0n) is 16.7. The summed E-state index contributed by atoms with van der Waals surface area (Å²) >= 11 is 0. The number of benzene rings is 2. The molecule has 1 N–H and O–H groups in total. The van der Waals surface area contributed by atoms with Crippen LogP contribution >= 0.6 is 0 Å². The lowest BCUT2D eigenvalue weighted by molar-refractivity contribution is -0.384. The SMILES string of the molecule is Cc1ccc(S(=O)(=O)N2CCN(CCNC(=O)c3ccc([N+](=O)[O-])cc3)CC2)cc1. The molecular weight excluding hydrogens is 408 g/mol. The Morgan fingerprint density at radius 3 is 2.20 bits per heavy atom. The highest BCUT2D eigenvalue weighted by Crippen LogP contribution is 2.18. The third-order valence-electron chi connectivity index (χ3n) is 5.04. The summed E-state index contributed by atoms with van der Waals surface area (Å²) in [5.74, 6) is -0.300. The predicted molar refractivity (Wildman–Crippen MR) is 112 cm³/mol. The molecule has 0 aliphatic carbocycles. The Balaban J connectivity index is 1.45. The maximum Gasteiger partial charge on any atom is 0.269 e. The lowest BCUT2D eigenvalue weighted by Gasteiger charge is -2.34. The zero-order chi connectivity index (χ0) is 21.7. The van der Waals surface area contributed by atoms with E-state index in [9.17, 15) is 23.3 Å². The number of hydrogen-bond donors (Lipinski definition) is 1. The van der Waals surface area contributed by atoms with Gasteiger partial charge in [-0.05, 0) is 31.2 Å². The van der Waals surface area contributed by atoms with Gasteiger partial charge in [0.2, 0.25) is 10.0 Å². The summed E-state index contributed by atoms with van der Waals surface area (Å²) in [5, 5.41) is 13.5. The second-order valence-electron chi connectivity index (χ2n) is 7.12. The first kappa shape index (κ1) is 21.9. The maximum atomic E-state index is 12.7. The van der Waals surface area contributed by atoms with E-state index in [0.29, 0.717) is 49.7 Å². The van der Waals surface area contributed by atoms with Gasteiger partial charge in [0.05, 0.1) is 9.82 Å². The van der Waals surface area contributed by atoms with Crippen LogP contribution in [-0.4, -0.2) is 67.7 Å². The molecule has 1 heterocycles. The molecule has 1 amide bonds. The molecule has 0 atom stereocenters. The number of piperazine rings is 1. The Morgan fingerprint density at radius 2 is 1.63 bits per heavy atom. The van der Waals surface area contributed by atoms with Gasteiger partial charge in [0.25, 0.3) is 11.6 Å². The molecule has 0 aromatic heterocycles. The van der Waals surface area contributed by atoms with E-state index >= 15 is 0 Å². The van der Waals surface area contributed by atoms with Crippen molar-refractivity contribution in [2.45, 2.75) is 11.8 Å². The second-order valence-corrected chi connectivity index (χ2v) is 9.06. The van der Waals surface area contributed by atoms with E-state index < -0.39 is 14.9 Å². The maximum absolute atomic E-state index is 12.7. The quantitative estimate of drug-likeness (QED) is 0.526. The average Bonchev–Trinajstić information content (AvgIpc) is 2.74. The van der Waals surface area contributed by atoms with Crippen molar-refractivity contribution >= 4 is 21.6 Å². The number of carbonyl (C=O) groups is 1. The Morgan fingerprint density at radius 1 is 1.03 bits per heavy atom. The van der Waals surface area contributed by atoms with Crippen LogP contribution in [0.5, 0.6) is 0 Å². The van der Waals surface area contributed by atoms with Gasteiger partial charge in [0.1, 0.15) is 0 Å². The monoisotopic (exact) mass is 432 g/mol. The lowest BCUT2D eigenvalue weighted by Crippen LogP contribution is -2.50. The van der Waals surface area contributed by atoms with Crippen LogP contribution in [0, 0.1) is 17.0 Å². The van der Waals surface area contributed by atoms with E-state index in [0.717, 1.165) is 5.56 Å². The molecule has 9 nitrogen and oxygen atoms in total. The Bertz CT molecular complexity index is 998. The number of rotatable bonds is 7. The molecule has 0 unspecified atom stereocenters. The summed E-state index contributed by atoms with van der Waals surface area (Å²) < 4.78 is 27.0. The predicted octanol–water partition coefficient (Wildman–Crippen LogP) is 1.64. The van der Waals surface area contributed by atoms with E-state index in [2.05, 4.69) is 10.2 Å². The summed E-state index contributed by atoms with van der Waals surface area (Å²) in [6, 6.07) is 12.3. The van der Waals surface area contributed by atoms with Crippen molar-refractivity contribution < 1.29 is 18.1 Å². The molecule has 1 fully saturated rings. The van der Waals surface area contributed by atoms with Crippen LogP contribution in [0.2, 0.25) is 0 Å². The molecule has 0 radical (unpaired) electrons. The Hall–Kier alpha value is -2.82. The van der Waals surface area contributed by atoms with E-state index in [4.69, 9.17) is 0 Å². The Kier molecular flexibility index (Phi) is 6.80. The normalized spacial score (nSPS) is 15.6.